The number of ether oxygens (including phenoxy) is 1. The first-order valence-corrected chi connectivity index (χ1v) is 9.20. The number of carbonyl (C=O) groups is 4. The van der Waals surface area contributed by atoms with Crippen molar-refractivity contribution in [2.24, 2.45) is 0 Å². The summed E-state index contributed by atoms with van der Waals surface area (Å²) >= 11 is 3.26. The predicted octanol–water partition coefficient (Wildman–Crippen LogP) is 2.95. The van der Waals surface area contributed by atoms with Crippen molar-refractivity contribution in [3.8, 4) is 0 Å². The SMILES string of the molecule is CC(=O)c1ccc(NC(=O)C(C)OC(=O)CNC(=O)c2cccc(Br)c2)cc1. The van der Waals surface area contributed by atoms with Gasteiger partial charge in [0.25, 0.3) is 11.8 Å². The second-order valence-electron chi connectivity index (χ2n) is 5.95. The Balaban J connectivity index is 1.81. The molecular weight excluding hydrogens is 428 g/mol. The number of ketones is 1. The lowest BCUT2D eigenvalue weighted by molar-refractivity contribution is -0.152. The van der Waals surface area contributed by atoms with Crippen LogP contribution in [0.5, 0.6) is 0 Å². The number of nitrogens with one attached hydrogen (secondary N) is 2. The zero-order chi connectivity index (χ0) is 20.7. The zero-order valence-electron chi connectivity index (χ0n) is 15.3. The molecule has 2 rings (SSSR count). The van der Waals surface area contributed by atoms with Crippen LogP contribution in [0.1, 0.15) is 34.6 Å². The molecule has 7 nitrogen and oxygen atoms in total. The number of carbonyl (C=O) groups excluding carboxylic acids is 4. The fraction of sp³-hybridized carbons (Fsp3) is 0.200. The molecule has 2 N–H and O–H groups in total. The van der Waals surface area contributed by atoms with E-state index in [0.29, 0.717) is 16.8 Å². The minimum atomic E-state index is -1.05. The first kappa shape index (κ1) is 21.3. The van der Waals surface area contributed by atoms with Crippen molar-refractivity contribution in [1.82, 2.24) is 5.32 Å². The van der Waals surface area contributed by atoms with Crippen LogP contribution in [0.3, 0.4) is 0 Å². The van der Waals surface area contributed by atoms with E-state index in [9.17, 15) is 19.2 Å². The topological polar surface area (TPSA) is 102 Å². The highest BCUT2D eigenvalue weighted by atomic mass is 79.9. The van der Waals surface area contributed by atoms with E-state index >= 15 is 0 Å². The van der Waals surface area contributed by atoms with E-state index in [1.54, 1.807) is 48.5 Å². The van der Waals surface area contributed by atoms with Gasteiger partial charge in [-0.2, -0.15) is 0 Å². The Kier molecular flexibility index (Phi) is 7.45. The predicted molar refractivity (Wildman–Crippen MR) is 107 cm³/mol. The van der Waals surface area contributed by atoms with Gasteiger partial charge in [-0.1, -0.05) is 22.0 Å². The molecule has 2 aromatic rings. The first-order valence-electron chi connectivity index (χ1n) is 8.41. The molecule has 28 heavy (non-hydrogen) atoms. The summed E-state index contributed by atoms with van der Waals surface area (Å²) in [5.41, 5.74) is 1.39. The Morgan fingerprint density at radius 2 is 1.71 bits per heavy atom. The van der Waals surface area contributed by atoms with Crippen molar-refractivity contribution in [3.63, 3.8) is 0 Å². The molecular formula is C20H19BrN2O5. The molecule has 0 aliphatic rings. The van der Waals surface area contributed by atoms with Gasteiger partial charge in [-0.25, -0.2) is 0 Å². The highest BCUT2D eigenvalue weighted by molar-refractivity contribution is 9.10. The summed E-state index contributed by atoms with van der Waals surface area (Å²) < 4.78 is 5.77. The molecule has 0 aliphatic carbocycles. The van der Waals surface area contributed by atoms with E-state index in [4.69, 9.17) is 4.74 Å². The number of rotatable bonds is 7. The molecule has 2 amide bonds. The molecule has 0 fully saturated rings. The number of anilines is 1. The molecule has 8 heteroatoms. The van der Waals surface area contributed by atoms with Crippen molar-refractivity contribution in [3.05, 3.63) is 64.1 Å². The fourth-order valence-electron chi connectivity index (χ4n) is 2.21. The summed E-state index contributed by atoms with van der Waals surface area (Å²) in [4.78, 5) is 47.2. The van der Waals surface area contributed by atoms with E-state index in [-0.39, 0.29) is 12.3 Å². The maximum absolute atomic E-state index is 12.1. The van der Waals surface area contributed by atoms with Gasteiger partial charge in [0.15, 0.2) is 11.9 Å². The van der Waals surface area contributed by atoms with Gasteiger partial charge in [-0.3, -0.25) is 19.2 Å². The Labute approximate surface area is 170 Å². The third-order valence-corrected chi connectivity index (χ3v) is 4.21. The van der Waals surface area contributed by atoms with Gasteiger partial charge in [-0.05, 0) is 56.3 Å². The number of benzene rings is 2. The minimum absolute atomic E-state index is 0.0786. The monoisotopic (exact) mass is 446 g/mol. The van der Waals surface area contributed by atoms with Gasteiger partial charge in [0.1, 0.15) is 6.54 Å². The van der Waals surface area contributed by atoms with Gasteiger partial charge < -0.3 is 15.4 Å². The van der Waals surface area contributed by atoms with Crippen LogP contribution < -0.4 is 10.6 Å². The average molecular weight is 447 g/mol. The van der Waals surface area contributed by atoms with E-state index in [2.05, 4.69) is 26.6 Å². The maximum atomic E-state index is 12.1. The van der Waals surface area contributed by atoms with E-state index in [1.165, 1.54) is 13.8 Å². The summed E-state index contributed by atoms with van der Waals surface area (Å²) in [7, 11) is 0. The van der Waals surface area contributed by atoms with Gasteiger partial charge in [0, 0.05) is 21.3 Å². The van der Waals surface area contributed by atoms with E-state index < -0.39 is 23.9 Å². The highest BCUT2D eigenvalue weighted by Gasteiger charge is 2.18. The summed E-state index contributed by atoms with van der Waals surface area (Å²) in [6.45, 7) is 2.51. The molecule has 0 radical (unpaired) electrons. The van der Waals surface area contributed by atoms with Gasteiger partial charge in [0.2, 0.25) is 0 Å². The van der Waals surface area contributed by atoms with Gasteiger partial charge >= 0.3 is 5.97 Å². The number of Topliss-reactive ketones (excluding diaryl/α,β-unsaturated/α-hetero) is 1. The van der Waals surface area contributed by atoms with Crippen LogP contribution in [-0.2, 0) is 14.3 Å². The Morgan fingerprint density at radius 1 is 1.04 bits per heavy atom. The largest absolute Gasteiger partial charge is 0.451 e. The summed E-state index contributed by atoms with van der Waals surface area (Å²) in [5.74, 6) is -1.77. The molecule has 146 valence electrons. The van der Waals surface area contributed by atoms with Crippen molar-refractivity contribution < 1.29 is 23.9 Å². The lowest BCUT2D eigenvalue weighted by Gasteiger charge is -2.14. The fourth-order valence-corrected chi connectivity index (χ4v) is 2.61. The van der Waals surface area contributed by atoms with E-state index in [0.717, 1.165) is 4.47 Å². The summed E-state index contributed by atoms with van der Waals surface area (Å²) in [6.07, 6.45) is -1.05. The van der Waals surface area contributed by atoms with Crippen LogP contribution >= 0.6 is 15.9 Å². The molecule has 0 bridgehead atoms. The number of amides is 2. The Hall–Kier alpha value is -3.00. The van der Waals surface area contributed by atoms with Crippen molar-refractivity contribution in [2.45, 2.75) is 20.0 Å². The number of hydrogen-bond donors (Lipinski definition) is 2. The third kappa shape index (κ3) is 6.31. The molecule has 1 unspecified atom stereocenters. The smallest absolute Gasteiger partial charge is 0.326 e. The molecule has 0 saturated carbocycles. The molecule has 0 heterocycles. The lowest BCUT2D eigenvalue weighted by atomic mass is 10.1. The molecule has 2 aromatic carbocycles. The molecule has 1 atom stereocenters. The molecule has 0 spiro atoms. The van der Waals surface area contributed by atoms with Crippen LogP contribution in [0.15, 0.2) is 53.0 Å². The second kappa shape index (κ2) is 9.80. The summed E-state index contributed by atoms with van der Waals surface area (Å²) in [6, 6.07) is 13.1. The van der Waals surface area contributed by atoms with Crippen LogP contribution in [0, 0.1) is 0 Å². The lowest BCUT2D eigenvalue weighted by Crippen LogP contribution is -2.35. The van der Waals surface area contributed by atoms with Crippen molar-refractivity contribution in [1.29, 1.82) is 0 Å². The average Bonchev–Trinajstić information content (AvgIpc) is 2.66. The number of esters is 1. The normalized spacial score (nSPS) is 11.2. The van der Waals surface area contributed by atoms with Crippen LogP contribution in [-0.4, -0.2) is 36.2 Å². The first-order chi connectivity index (χ1) is 13.3. The molecule has 0 aromatic heterocycles. The quantitative estimate of drug-likeness (QED) is 0.502. The third-order valence-electron chi connectivity index (χ3n) is 3.72. The maximum Gasteiger partial charge on any atom is 0.326 e. The van der Waals surface area contributed by atoms with Crippen LogP contribution in [0.4, 0.5) is 5.69 Å². The minimum Gasteiger partial charge on any atom is -0.451 e. The molecule has 0 aliphatic heterocycles. The molecule has 0 saturated heterocycles. The zero-order valence-corrected chi connectivity index (χ0v) is 16.9. The Morgan fingerprint density at radius 3 is 2.32 bits per heavy atom. The van der Waals surface area contributed by atoms with Gasteiger partial charge in [-0.15, -0.1) is 0 Å². The van der Waals surface area contributed by atoms with Crippen LogP contribution in [0.2, 0.25) is 0 Å². The van der Waals surface area contributed by atoms with Gasteiger partial charge in [0.05, 0.1) is 0 Å². The summed E-state index contributed by atoms with van der Waals surface area (Å²) in [5, 5.41) is 5.03. The standard InChI is InChI=1S/C20H19BrN2O5/c1-12(24)14-6-8-17(9-7-14)23-19(26)13(2)28-18(25)11-22-20(27)15-4-3-5-16(21)10-15/h3-10,13H,11H2,1-2H3,(H,22,27)(H,23,26). The van der Waals surface area contributed by atoms with Crippen molar-refractivity contribution >= 4 is 45.2 Å². The van der Waals surface area contributed by atoms with Crippen LogP contribution in [0.25, 0.3) is 0 Å². The highest BCUT2D eigenvalue weighted by Crippen LogP contribution is 2.12. The van der Waals surface area contributed by atoms with Crippen molar-refractivity contribution in [2.75, 3.05) is 11.9 Å². The number of hydrogen-bond acceptors (Lipinski definition) is 5. The number of halogens is 1. The second-order valence-corrected chi connectivity index (χ2v) is 6.86. The Bertz CT molecular complexity index is 896. The van der Waals surface area contributed by atoms with E-state index in [1.807, 2.05) is 0 Å².